The van der Waals surface area contributed by atoms with E-state index in [0.29, 0.717) is 21.7 Å². The Kier molecular flexibility index (Phi) is 4.49. The molecule has 3 heterocycles. The number of pyridine rings is 1. The van der Waals surface area contributed by atoms with E-state index in [4.69, 9.17) is 4.74 Å². The van der Waals surface area contributed by atoms with Crippen molar-refractivity contribution in [3.63, 3.8) is 0 Å². The van der Waals surface area contributed by atoms with Gasteiger partial charge in [-0.25, -0.2) is 4.68 Å². The first kappa shape index (κ1) is 17.0. The third-order valence-electron chi connectivity index (χ3n) is 3.11. The van der Waals surface area contributed by atoms with E-state index in [1.54, 1.807) is 16.9 Å². The highest BCUT2D eigenvalue weighted by Gasteiger charge is 2.22. The molecule has 0 atom stereocenters. The van der Waals surface area contributed by atoms with Crippen molar-refractivity contribution in [1.82, 2.24) is 30.3 Å². The first-order valence-corrected chi connectivity index (χ1v) is 8.41. The molecule has 0 spiro atoms. The van der Waals surface area contributed by atoms with Crippen LogP contribution in [0.4, 0.5) is 0 Å². The van der Waals surface area contributed by atoms with Gasteiger partial charge in [0.25, 0.3) is 11.1 Å². The van der Waals surface area contributed by atoms with Crippen LogP contribution < -0.4 is 10.1 Å². The number of aromatic nitrogens is 5. The summed E-state index contributed by atoms with van der Waals surface area (Å²) in [5.41, 5.74) is 1.25. The number of carbonyl (C=O) groups is 1. The number of methoxy groups -OCH3 is 1. The predicted octanol–water partition coefficient (Wildman–Crippen LogP) is 2.32. The summed E-state index contributed by atoms with van der Waals surface area (Å²) in [4.78, 5) is 16.8. The summed E-state index contributed by atoms with van der Waals surface area (Å²) in [5, 5.41) is 16.2. The molecule has 3 aromatic rings. The maximum Gasteiger partial charge on any atom is 0.295 e. The molecule has 9 heteroatoms. The lowest BCUT2D eigenvalue weighted by Gasteiger charge is -2.19. The number of rotatable bonds is 4. The monoisotopic (exact) mass is 358 g/mol. The molecule has 0 saturated heterocycles. The highest BCUT2D eigenvalue weighted by molar-refractivity contribution is 7.15. The lowest BCUT2D eigenvalue weighted by molar-refractivity contribution is 0.0914. The maximum atomic E-state index is 12.5. The molecule has 3 aromatic heterocycles. The van der Waals surface area contributed by atoms with Gasteiger partial charge in [-0.15, -0.1) is 5.10 Å². The molecule has 0 aromatic carbocycles. The Morgan fingerprint density at radius 2 is 2.08 bits per heavy atom. The Bertz CT molecular complexity index is 882. The van der Waals surface area contributed by atoms with Crippen molar-refractivity contribution in [3.05, 3.63) is 36.2 Å². The zero-order valence-electron chi connectivity index (χ0n) is 14.3. The lowest BCUT2D eigenvalue weighted by Crippen LogP contribution is -2.40. The molecule has 0 bridgehead atoms. The quantitative estimate of drug-likeness (QED) is 0.769. The van der Waals surface area contributed by atoms with Gasteiger partial charge < -0.3 is 10.1 Å². The standard InChI is InChI=1S/C16H18N6O2S/c1-16(2,3)18-13(23)11-9-12(10-7-5-6-8-17-10)22(21-11)14-19-20-15(24-4)25-14/h5-9H,1-4H3,(H,18,23). The van der Waals surface area contributed by atoms with Gasteiger partial charge in [-0.3, -0.25) is 9.78 Å². The van der Waals surface area contributed by atoms with Crippen molar-refractivity contribution in [3.8, 4) is 21.7 Å². The molecular weight excluding hydrogens is 340 g/mol. The third-order valence-corrected chi connectivity index (χ3v) is 3.97. The fourth-order valence-electron chi connectivity index (χ4n) is 2.11. The molecule has 0 aliphatic heterocycles. The number of hydrogen-bond donors (Lipinski definition) is 1. The zero-order valence-corrected chi connectivity index (χ0v) is 15.2. The number of nitrogens with zero attached hydrogens (tertiary/aromatic N) is 5. The highest BCUT2D eigenvalue weighted by atomic mass is 32.1. The molecule has 8 nitrogen and oxygen atoms in total. The molecule has 25 heavy (non-hydrogen) atoms. The molecule has 3 rings (SSSR count). The van der Waals surface area contributed by atoms with E-state index in [-0.39, 0.29) is 17.1 Å². The summed E-state index contributed by atoms with van der Waals surface area (Å²) in [6.07, 6.45) is 1.68. The van der Waals surface area contributed by atoms with Gasteiger partial charge in [0.2, 0.25) is 5.13 Å². The zero-order chi connectivity index (χ0) is 18.0. The summed E-state index contributed by atoms with van der Waals surface area (Å²) in [5.74, 6) is -0.264. The Labute approximate surface area is 148 Å². The minimum atomic E-state index is -0.363. The van der Waals surface area contributed by atoms with E-state index >= 15 is 0 Å². The smallest absolute Gasteiger partial charge is 0.295 e. The molecule has 0 aliphatic rings. The van der Waals surface area contributed by atoms with Gasteiger partial charge in [0, 0.05) is 11.7 Å². The van der Waals surface area contributed by atoms with E-state index in [0.717, 1.165) is 0 Å². The average molecular weight is 358 g/mol. The summed E-state index contributed by atoms with van der Waals surface area (Å²) in [6, 6.07) is 7.23. The normalized spacial score (nSPS) is 11.4. The van der Waals surface area contributed by atoms with Gasteiger partial charge in [-0.05, 0) is 50.3 Å². The number of nitrogens with one attached hydrogen (secondary N) is 1. The second-order valence-corrected chi connectivity index (χ2v) is 7.22. The van der Waals surface area contributed by atoms with Crippen LogP contribution in [0.2, 0.25) is 0 Å². The number of ether oxygens (including phenoxy) is 1. The predicted molar refractivity (Wildman–Crippen MR) is 94.0 cm³/mol. The molecule has 1 N–H and O–H groups in total. The van der Waals surface area contributed by atoms with Crippen LogP contribution in [0.3, 0.4) is 0 Å². The number of hydrogen-bond acceptors (Lipinski definition) is 7. The highest BCUT2D eigenvalue weighted by Crippen LogP contribution is 2.26. The van der Waals surface area contributed by atoms with Gasteiger partial charge >= 0.3 is 0 Å². The van der Waals surface area contributed by atoms with E-state index in [1.165, 1.54) is 18.4 Å². The molecular formula is C16H18N6O2S. The molecule has 130 valence electrons. The first-order chi connectivity index (χ1) is 11.9. The minimum absolute atomic E-state index is 0.264. The van der Waals surface area contributed by atoms with Crippen LogP contribution in [-0.2, 0) is 0 Å². The van der Waals surface area contributed by atoms with Crippen LogP contribution in [-0.4, -0.2) is 43.5 Å². The van der Waals surface area contributed by atoms with Crippen LogP contribution in [0, 0.1) is 0 Å². The van der Waals surface area contributed by atoms with E-state index in [1.807, 2.05) is 39.0 Å². The molecule has 0 saturated carbocycles. The molecule has 0 aliphatic carbocycles. The van der Waals surface area contributed by atoms with Crippen molar-refractivity contribution in [1.29, 1.82) is 0 Å². The topological polar surface area (TPSA) is 94.8 Å². The summed E-state index contributed by atoms with van der Waals surface area (Å²) < 4.78 is 6.65. The molecule has 0 fully saturated rings. The van der Waals surface area contributed by atoms with Crippen molar-refractivity contribution in [2.45, 2.75) is 26.3 Å². The minimum Gasteiger partial charge on any atom is -0.472 e. The van der Waals surface area contributed by atoms with Crippen LogP contribution >= 0.6 is 11.3 Å². The SMILES string of the molecule is COc1nnc(-n2nc(C(=O)NC(C)(C)C)cc2-c2ccccn2)s1. The summed E-state index contributed by atoms with van der Waals surface area (Å²) >= 11 is 1.23. The third kappa shape index (κ3) is 3.82. The summed E-state index contributed by atoms with van der Waals surface area (Å²) in [6.45, 7) is 5.74. The maximum absolute atomic E-state index is 12.5. The Balaban J connectivity index is 2.07. The lowest BCUT2D eigenvalue weighted by atomic mass is 10.1. The molecule has 0 unspecified atom stereocenters. The Hall–Kier alpha value is -2.81. The van der Waals surface area contributed by atoms with Crippen LogP contribution in [0.25, 0.3) is 16.5 Å². The molecule has 1 amide bonds. The fourth-order valence-corrected chi connectivity index (χ4v) is 2.74. The van der Waals surface area contributed by atoms with Crippen molar-refractivity contribution in [2.75, 3.05) is 7.11 Å². The van der Waals surface area contributed by atoms with Crippen LogP contribution in [0.15, 0.2) is 30.5 Å². The first-order valence-electron chi connectivity index (χ1n) is 7.59. The summed E-state index contributed by atoms with van der Waals surface area (Å²) in [7, 11) is 1.52. The van der Waals surface area contributed by atoms with Crippen molar-refractivity contribution >= 4 is 17.2 Å². The van der Waals surface area contributed by atoms with Crippen molar-refractivity contribution < 1.29 is 9.53 Å². The van der Waals surface area contributed by atoms with Gasteiger partial charge in [0.1, 0.15) is 0 Å². The van der Waals surface area contributed by atoms with E-state index in [2.05, 4.69) is 25.6 Å². The van der Waals surface area contributed by atoms with Crippen LogP contribution in [0.5, 0.6) is 5.19 Å². The second kappa shape index (κ2) is 6.60. The second-order valence-electron chi connectivity index (χ2n) is 6.30. The van der Waals surface area contributed by atoms with Crippen molar-refractivity contribution in [2.24, 2.45) is 0 Å². The van der Waals surface area contributed by atoms with Gasteiger partial charge in [0.15, 0.2) is 5.69 Å². The Morgan fingerprint density at radius 3 is 2.68 bits per heavy atom. The van der Waals surface area contributed by atoms with Gasteiger partial charge in [0.05, 0.1) is 18.5 Å². The molecule has 0 radical (unpaired) electrons. The number of carbonyl (C=O) groups excluding carboxylic acids is 1. The number of amides is 1. The largest absolute Gasteiger partial charge is 0.472 e. The van der Waals surface area contributed by atoms with Gasteiger partial charge in [-0.1, -0.05) is 11.2 Å². The van der Waals surface area contributed by atoms with E-state index < -0.39 is 0 Å². The average Bonchev–Trinajstić information content (AvgIpc) is 3.21. The van der Waals surface area contributed by atoms with Gasteiger partial charge in [-0.2, -0.15) is 5.10 Å². The Morgan fingerprint density at radius 1 is 1.28 bits per heavy atom. The van der Waals surface area contributed by atoms with Crippen LogP contribution in [0.1, 0.15) is 31.3 Å². The fraction of sp³-hybridized carbons (Fsp3) is 0.312. The van der Waals surface area contributed by atoms with E-state index in [9.17, 15) is 4.79 Å².